The minimum Gasteiger partial charge on any atom is -0.399 e. The van der Waals surface area contributed by atoms with Crippen molar-refractivity contribution in [2.24, 2.45) is 5.14 Å². The van der Waals surface area contributed by atoms with Crippen molar-refractivity contribution in [1.82, 2.24) is 4.98 Å². The molecule has 1 aliphatic heterocycles. The first-order chi connectivity index (χ1) is 8.94. The van der Waals surface area contributed by atoms with Crippen LogP contribution in [0.15, 0.2) is 17.3 Å². The third-order valence-corrected chi connectivity index (χ3v) is 4.79. The van der Waals surface area contributed by atoms with Crippen LogP contribution in [0.2, 0.25) is 5.02 Å². The van der Waals surface area contributed by atoms with E-state index in [4.69, 9.17) is 26.0 Å². The van der Waals surface area contributed by atoms with Crippen molar-refractivity contribution in [3.05, 3.63) is 17.3 Å². The highest BCUT2D eigenvalue weighted by atomic mass is 35.5. The van der Waals surface area contributed by atoms with Crippen LogP contribution in [0.1, 0.15) is 27.7 Å². The molecule has 20 heavy (non-hydrogen) atoms. The van der Waals surface area contributed by atoms with Crippen LogP contribution in [0.5, 0.6) is 0 Å². The lowest BCUT2D eigenvalue weighted by Crippen LogP contribution is -2.41. The summed E-state index contributed by atoms with van der Waals surface area (Å²) in [5.74, 6) is 0. The lowest BCUT2D eigenvalue weighted by molar-refractivity contribution is 0.00578. The molecule has 2 heterocycles. The Hall–Kier alpha value is -0.665. The van der Waals surface area contributed by atoms with Gasteiger partial charge in [0.15, 0.2) is 5.03 Å². The first kappa shape index (κ1) is 15.7. The van der Waals surface area contributed by atoms with Gasteiger partial charge in [-0.15, -0.1) is 0 Å². The van der Waals surface area contributed by atoms with E-state index in [9.17, 15) is 8.42 Å². The molecule has 110 valence electrons. The molecule has 2 N–H and O–H groups in total. The van der Waals surface area contributed by atoms with Gasteiger partial charge in [0.25, 0.3) is 10.0 Å². The van der Waals surface area contributed by atoms with Crippen LogP contribution in [0.4, 0.5) is 0 Å². The number of aromatic nitrogens is 1. The molecule has 0 amide bonds. The Kier molecular flexibility index (Phi) is 3.67. The fraction of sp³-hybridized carbons (Fsp3) is 0.545. The molecular weight excluding hydrogens is 302 g/mol. The summed E-state index contributed by atoms with van der Waals surface area (Å²) in [6, 6.07) is 1.19. The number of nitrogens with two attached hydrogens (primary N) is 1. The lowest BCUT2D eigenvalue weighted by Gasteiger charge is -2.32. The molecule has 0 atom stereocenters. The normalized spacial score (nSPS) is 21.2. The van der Waals surface area contributed by atoms with Crippen LogP contribution in [0, 0.1) is 0 Å². The minimum absolute atomic E-state index is 0.183. The fourth-order valence-corrected chi connectivity index (χ4v) is 2.51. The predicted molar refractivity (Wildman–Crippen MR) is 76.3 cm³/mol. The summed E-state index contributed by atoms with van der Waals surface area (Å²) in [7, 11) is -4.59. The Morgan fingerprint density at radius 3 is 2.15 bits per heavy atom. The molecule has 1 aliphatic rings. The maximum atomic E-state index is 11.2. The first-order valence-corrected chi connectivity index (χ1v) is 7.90. The number of hydrogen-bond donors (Lipinski definition) is 1. The third-order valence-electron chi connectivity index (χ3n) is 3.66. The molecule has 1 aromatic heterocycles. The van der Waals surface area contributed by atoms with E-state index >= 15 is 0 Å². The number of rotatable bonds is 2. The summed E-state index contributed by atoms with van der Waals surface area (Å²) in [5.41, 5.74) is -0.558. The summed E-state index contributed by atoms with van der Waals surface area (Å²) in [5, 5.41) is 4.90. The molecule has 2 rings (SSSR count). The quantitative estimate of drug-likeness (QED) is 0.810. The second-order valence-electron chi connectivity index (χ2n) is 5.68. The maximum absolute atomic E-state index is 11.2. The summed E-state index contributed by atoms with van der Waals surface area (Å²) in [6.45, 7) is 7.64. The zero-order valence-corrected chi connectivity index (χ0v) is 13.2. The van der Waals surface area contributed by atoms with Gasteiger partial charge in [-0.05, 0) is 33.8 Å². The summed E-state index contributed by atoms with van der Waals surface area (Å²) in [6.07, 6.45) is 1.31. The zero-order valence-electron chi connectivity index (χ0n) is 11.7. The average Bonchev–Trinajstić information content (AvgIpc) is 2.46. The molecular formula is C11H16BClN2O4S. The van der Waals surface area contributed by atoms with E-state index in [0.717, 1.165) is 0 Å². The molecule has 1 saturated heterocycles. The third kappa shape index (κ3) is 2.71. The van der Waals surface area contributed by atoms with Gasteiger partial charge in [-0.2, -0.15) is 0 Å². The molecule has 9 heteroatoms. The number of sulfonamides is 1. The monoisotopic (exact) mass is 318 g/mol. The molecule has 0 unspecified atom stereocenters. The van der Waals surface area contributed by atoms with Gasteiger partial charge in [-0.25, -0.2) is 18.5 Å². The molecule has 0 radical (unpaired) electrons. The first-order valence-electron chi connectivity index (χ1n) is 5.98. The Labute approximate surface area is 123 Å². The van der Waals surface area contributed by atoms with Crippen molar-refractivity contribution in [1.29, 1.82) is 0 Å². The standard InChI is InChI=1S/C11H16BClN2O4S/c1-10(2)11(3,4)19-12(18-10)7-6-15-9(5-8(7)13)20(14,16)17/h5-6H,1-4H3,(H2,14,16,17). The van der Waals surface area contributed by atoms with Gasteiger partial charge in [-0.1, -0.05) is 11.6 Å². The van der Waals surface area contributed by atoms with Gasteiger partial charge in [0.05, 0.1) is 11.2 Å². The Morgan fingerprint density at radius 2 is 1.75 bits per heavy atom. The Bertz CT molecular complexity index is 632. The van der Waals surface area contributed by atoms with E-state index in [1.165, 1.54) is 12.3 Å². The molecule has 0 bridgehead atoms. The second-order valence-corrected chi connectivity index (χ2v) is 7.59. The Morgan fingerprint density at radius 1 is 1.25 bits per heavy atom. The minimum atomic E-state index is -3.89. The van der Waals surface area contributed by atoms with Crippen molar-refractivity contribution in [2.75, 3.05) is 0 Å². The van der Waals surface area contributed by atoms with Crippen LogP contribution < -0.4 is 10.6 Å². The summed E-state index contributed by atoms with van der Waals surface area (Å²) in [4.78, 5) is 3.79. The second kappa shape index (κ2) is 4.67. The molecule has 0 aromatic carbocycles. The molecule has 1 aromatic rings. The highest BCUT2D eigenvalue weighted by Crippen LogP contribution is 2.36. The van der Waals surface area contributed by atoms with Gasteiger partial charge in [0.2, 0.25) is 0 Å². The summed E-state index contributed by atoms with van der Waals surface area (Å²) >= 11 is 6.08. The van der Waals surface area contributed by atoms with E-state index in [-0.39, 0.29) is 10.0 Å². The SMILES string of the molecule is CC1(C)OB(c2cnc(S(N)(=O)=O)cc2Cl)OC1(C)C. The number of halogens is 1. The highest BCUT2D eigenvalue weighted by molar-refractivity contribution is 7.89. The number of hydrogen-bond acceptors (Lipinski definition) is 5. The van der Waals surface area contributed by atoms with Crippen molar-refractivity contribution in [2.45, 2.75) is 43.9 Å². The van der Waals surface area contributed by atoms with Crippen molar-refractivity contribution in [3.8, 4) is 0 Å². The van der Waals surface area contributed by atoms with E-state index in [1.807, 2.05) is 27.7 Å². The number of primary sulfonamides is 1. The molecule has 1 fully saturated rings. The van der Waals surface area contributed by atoms with Crippen LogP contribution in [-0.2, 0) is 19.3 Å². The average molecular weight is 319 g/mol. The molecule has 0 spiro atoms. The predicted octanol–water partition coefficient (Wildman–Crippen LogP) is 0.682. The van der Waals surface area contributed by atoms with E-state index in [0.29, 0.717) is 5.46 Å². The van der Waals surface area contributed by atoms with Crippen LogP contribution >= 0.6 is 11.6 Å². The van der Waals surface area contributed by atoms with Gasteiger partial charge < -0.3 is 9.31 Å². The molecule has 6 nitrogen and oxygen atoms in total. The van der Waals surface area contributed by atoms with E-state index in [2.05, 4.69) is 4.98 Å². The van der Waals surface area contributed by atoms with E-state index in [1.54, 1.807) is 0 Å². The van der Waals surface area contributed by atoms with Crippen molar-refractivity contribution >= 4 is 34.2 Å². The van der Waals surface area contributed by atoms with Crippen LogP contribution in [0.25, 0.3) is 0 Å². The van der Waals surface area contributed by atoms with Gasteiger partial charge in [0.1, 0.15) is 0 Å². The summed E-state index contributed by atoms with van der Waals surface area (Å²) < 4.78 is 34.1. The lowest BCUT2D eigenvalue weighted by atomic mass is 9.80. The fourth-order valence-electron chi connectivity index (χ4n) is 1.72. The van der Waals surface area contributed by atoms with Gasteiger partial charge in [0, 0.05) is 16.7 Å². The largest absolute Gasteiger partial charge is 0.497 e. The zero-order chi connectivity index (χ0) is 15.3. The highest BCUT2D eigenvalue weighted by Gasteiger charge is 2.52. The maximum Gasteiger partial charge on any atom is 0.497 e. The molecule has 0 saturated carbocycles. The van der Waals surface area contributed by atoms with Crippen molar-refractivity contribution in [3.63, 3.8) is 0 Å². The van der Waals surface area contributed by atoms with Crippen LogP contribution in [0.3, 0.4) is 0 Å². The number of pyridine rings is 1. The van der Waals surface area contributed by atoms with Crippen molar-refractivity contribution < 1.29 is 17.7 Å². The van der Waals surface area contributed by atoms with Crippen LogP contribution in [-0.4, -0.2) is 31.7 Å². The van der Waals surface area contributed by atoms with Gasteiger partial charge >= 0.3 is 7.12 Å². The van der Waals surface area contributed by atoms with Gasteiger partial charge in [-0.3, -0.25) is 0 Å². The number of nitrogens with zero attached hydrogens (tertiary/aromatic N) is 1. The Balaban J connectivity index is 2.37. The van der Waals surface area contributed by atoms with E-state index < -0.39 is 28.3 Å². The topological polar surface area (TPSA) is 91.5 Å². The smallest absolute Gasteiger partial charge is 0.399 e. The molecule has 0 aliphatic carbocycles.